The Kier molecular flexibility index (Phi) is 4.76. The number of aryl methyl sites for hydroxylation is 1. The smallest absolute Gasteiger partial charge is 0.319 e. The molecule has 2 aromatic rings. The molecule has 144 valence electrons. The molecular formula is C20H27N5O2. The van der Waals surface area contributed by atoms with Gasteiger partial charge in [0.15, 0.2) is 0 Å². The number of hydrogen-bond acceptors (Lipinski definition) is 3. The highest BCUT2D eigenvalue weighted by Crippen LogP contribution is 2.41. The molecule has 1 saturated carbocycles. The molecule has 2 heterocycles. The van der Waals surface area contributed by atoms with Gasteiger partial charge in [-0.2, -0.15) is 0 Å². The number of hydrogen-bond donors (Lipinski definition) is 2. The summed E-state index contributed by atoms with van der Waals surface area (Å²) in [6.45, 7) is 1.35. The molecule has 2 fully saturated rings. The highest BCUT2D eigenvalue weighted by atomic mass is 16.2. The lowest BCUT2D eigenvalue weighted by molar-refractivity contribution is -0.122. The number of carbonyl (C=O) groups is 2. The molecule has 0 spiro atoms. The molecule has 2 N–H and O–H groups in total. The second-order valence-electron chi connectivity index (χ2n) is 7.96. The number of fused-ring (bicyclic) bond motifs is 1. The molecule has 4 rings (SSSR count). The zero-order valence-corrected chi connectivity index (χ0v) is 15.9. The number of amides is 3. The van der Waals surface area contributed by atoms with Crippen molar-refractivity contribution < 1.29 is 9.59 Å². The number of aromatic amines is 1. The molecule has 1 aliphatic carbocycles. The van der Waals surface area contributed by atoms with Gasteiger partial charge in [-0.15, -0.1) is 0 Å². The number of H-pyrrole nitrogens is 1. The number of urea groups is 1. The van der Waals surface area contributed by atoms with Gasteiger partial charge in [-0.05, 0) is 30.9 Å². The number of likely N-dealkylation sites (tertiary alicyclic amines) is 1. The molecule has 0 unspecified atom stereocenters. The fraction of sp³-hybridized carbons (Fsp3) is 0.550. The van der Waals surface area contributed by atoms with Crippen LogP contribution in [0.1, 0.15) is 25.1 Å². The Morgan fingerprint density at radius 2 is 2.04 bits per heavy atom. The fourth-order valence-electron chi connectivity index (χ4n) is 4.06. The van der Waals surface area contributed by atoms with E-state index >= 15 is 0 Å². The summed E-state index contributed by atoms with van der Waals surface area (Å²) in [6.07, 6.45) is 3.40. The predicted octanol–water partition coefficient (Wildman–Crippen LogP) is 2.00. The Bertz CT molecular complexity index is 809. The third kappa shape index (κ3) is 3.91. The fourth-order valence-corrected chi connectivity index (χ4v) is 4.06. The lowest BCUT2D eigenvalue weighted by Crippen LogP contribution is -2.43. The molecular weight excluding hydrogens is 342 g/mol. The molecule has 1 saturated heterocycles. The maximum absolute atomic E-state index is 12.5. The van der Waals surface area contributed by atoms with Gasteiger partial charge in [0.25, 0.3) is 0 Å². The number of imidazole rings is 1. The van der Waals surface area contributed by atoms with Crippen molar-refractivity contribution in [3.8, 4) is 0 Å². The van der Waals surface area contributed by atoms with Crippen molar-refractivity contribution in [2.75, 3.05) is 27.2 Å². The van der Waals surface area contributed by atoms with Crippen LogP contribution in [0.4, 0.5) is 4.79 Å². The van der Waals surface area contributed by atoms with Crippen LogP contribution in [0.25, 0.3) is 11.0 Å². The Morgan fingerprint density at radius 1 is 1.26 bits per heavy atom. The molecule has 0 bridgehead atoms. The zero-order valence-electron chi connectivity index (χ0n) is 15.9. The summed E-state index contributed by atoms with van der Waals surface area (Å²) >= 11 is 0. The normalized spacial score (nSPS) is 22.2. The number of benzene rings is 1. The summed E-state index contributed by atoms with van der Waals surface area (Å²) in [6, 6.07) is 7.96. The number of carbonyl (C=O) groups excluding carboxylic acids is 2. The van der Waals surface area contributed by atoms with Crippen LogP contribution in [0.15, 0.2) is 24.3 Å². The Labute approximate surface area is 159 Å². The summed E-state index contributed by atoms with van der Waals surface area (Å²) in [5.74, 6) is 1.89. The van der Waals surface area contributed by atoms with Crippen molar-refractivity contribution in [2.45, 2.75) is 31.7 Å². The monoisotopic (exact) mass is 369 g/mol. The summed E-state index contributed by atoms with van der Waals surface area (Å²) < 4.78 is 0. The van der Waals surface area contributed by atoms with E-state index in [0.717, 1.165) is 23.4 Å². The number of nitrogens with one attached hydrogen (secondary N) is 2. The average Bonchev–Trinajstić information content (AvgIpc) is 3.27. The first-order valence-electron chi connectivity index (χ1n) is 9.70. The number of nitrogens with zero attached hydrogens (tertiary/aromatic N) is 3. The molecule has 27 heavy (non-hydrogen) atoms. The molecule has 1 aromatic heterocycles. The van der Waals surface area contributed by atoms with E-state index < -0.39 is 0 Å². The molecule has 2 atom stereocenters. The van der Waals surface area contributed by atoms with Gasteiger partial charge in [0.05, 0.1) is 17.1 Å². The molecule has 0 radical (unpaired) electrons. The van der Waals surface area contributed by atoms with Gasteiger partial charge < -0.3 is 20.1 Å². The predicted molar refractivity (Wildman–Crippen MR) is 103 cm³/mol. The van der Waals surface area contributed by atoms with Crippen LogP contribution in [0, 0.1) is 11.8 Å². The average molecular weight is 369 g/mol. The second kappa shape index (κ2) is 7.21. The Balaban J connectivity index is 1.34. The Morgan fingerprint density at radius 3 is 2.74 bits per heavy atom. The SMILES string of the molecule is CN(C)C(=O)N1C[C@@H](NC(=O)CCc2nc3ccccc3[nH]2)[C@H](C2CC2)C1. The minimum Gasteiger partial charge on any atom is -0.351 e. The van der Waals surface area contributed by atoms with Crippen LogP contribution in [-0.4, -0.2) is 64.9 Å². The van der Waals surface area contributed by atoms with Crippen LogP contribution < -0.4 is 5.32 Å². The van der Waals surface area contributed by atoms with Gasteiger partial charge in [-0.1, -0.05) is 12.1 Å². The summed E-state index contributed by atoms with van der Waals surface area (Å²) in [7, 11) is 3.54. The van der Waals surface area contributed by atoms with Gasteiger partial charge in [-0.3, -0.25) is 4.79 Å². The molecule has 1 aromatic carbocycles. The van der Waals surface area contributed by atoms with Crippen molar-refractivity contribution in [3.63, 3.8) is 0 Å². The third-order valence-corrected chi connectivity index (χ3v) is 5.62. The van der Waals surface area contributed by atoms with Gasteiger partial charge in [0.2, 0.25) is 5.91 Å². The van der Waals surface area contributed by atoms with Gasteiger partial charge in [-0.25, -0.2) is 9.78 Å². The lowest BCUT2D eigenvalue weighted by atomic mass is 9.98. The second-order valence-corrected chi connectivity index (χ2v) is 7.96. The van der Waals surface area contributed by atoms with Crippen molar-refractivity contribution >= 4 is 23.0 Å². The first-order chi connectivity index (χ1) is 13.0. The van der Waals surface area contributed by atoms with E-state index in [1.54, 1.807) is 19.0 Å². The minimum absolute atomic E-state index is 0.0275. The molecule has 3 amide bonds. The number of para-hydroxylation sites is 2. The topological polar surface area (TPSA) is 81.3 Å². The van der Waals surface area contributed by atoms with Crippen molar-refractivity contribution in [3.05, 3.63) is 30.1 Å². The van der Waals surface area contributed by atoms with E-state index in [1.807, 2.05) is 29.2 Å². The number of rotatable bonds is 5. The molecule has 2 aliphatic rings. The van der Waals surface area contributed by atoms with Crippen LogP contribution in [0.5, 0.6) is 0 Å². The van der Waals surface area contributed by atoms with Crippen molar-refractivity contribution in [1.29, 1.82) is 0 Å². The molecule has 1 aliphatic heterocycles. The van der Waals surface area contributed by atoms with Crippen LogP contribution in [-0.2, 0) is 11.2 Å². The summed E-state index contributed by atoms with van der Waals surface area (Å²) in [4.78, 5) is 36.1. The minimum atomic E-state index is 0.0275. The van der Waals surface area contributed by atoms with E-state index in [0.29, 0.717) is 31.2 Å². The quantitative estimate of drug-likeness (QED) is 0.846. The van der Waals surface area contributed by atoms with Crippen LogP contribution in [0.3, 0.4) is 0 Å². The molecule has 7 heteroatoms. The highest BCUT2D eigenvalue weighted by Gasteiger charge is 2.44. The van der Waals surface area contributed by atoms with Crippen LogP contribution >= 0.6 is 0 Å². The summed E-state index contributed by atoms with van der Waals surface area (Å²) in [5, 5.41) is 3.19. The lowest BCUT2D eigenvalue weighted by Gasteiger charge is -2.21. The first kappa shape index (κ1) is 17.8. The zero-order chi connectivity index (χ0) is 19.0. The maximum atomic E-state index is 12.5. The highest BCUT2D eigenvalue weighted by molar-refractivity contribution is 5.78. The standard InChI is InChI=1S/C20H27N5O2/c1-24(2)20(27)25-11-14(13-7-8-13)17(12-25)23-19(26)10-9-18-21-15-5-3-4-6-16(15)22-18/h3-6,13-14,17H,7-12H2,1-2H3,(H,21,22)(H,23,26)/t14-,17+/m0/s1. The van der Waals surface area contributed by atoms with Crippen molar-refractivity contribution in [1.82, 2.24) is 25.1 Å². The van der Waals surface area contributed by atoms with Crippen LogP contribution in [0.2, 0.25) is 0 Å². The van der Waals surface area contributed by atoms with E-state index in [1.165, 1.54) is 12.8 Å². The largest absolute Gasteiger partial charge is 0.351 e. The Hall–Kier alpha value is -2.57. The summed E-state index contributed by atoms with van der Waals surface area (Å²) in [5.41, 5.74) is 1.92. The van der Waals surface area contributed by atoms with E-state index in [9.17, 15) is 9.59 Å². The van der Waals surface area contributed by atoms with Gasteiger partial charge >= 0.3 is 6.03 Å². The van der Waals surface area contributed by atoms with E-state index in [2.05, 4.69) is 15.3 Å². The number of aromatic nitrogens is 2. The maximum Gasteiger partial charge on any atom is 0.319 e. The van der Waals surface area contributed by atoms with Gasteiger partial charge in [0.1, 0.15) is 5.82 Å². The first-order valence-corrected chi connectivity index (χ1v) is 9.70. The third-order valence-electron chi connectivity index (χ3n) is 5.62. The van der Waals surface area contributed by atoms with Gasteiger partial charge in [0, 0.05) is 45.9 Å². The van der Waals surface area contributed by atoms with Crippen molar-refractivity contribution in [2.24, 2.45) is 11.8 Å². The van der Waals surface area contributed by atoms with E-state index in [4.69, 9.17) is 0 Å². The van der Waals surface area contributed by atoms with E-state index in [-0.39, 0.29) is 18.0 Å². The molecule has 7 nitrogen and oxygen atoms in total.